The quantitative estimate of drug-likeness (QED) is 0.710. The van der Waals surface area contributed by atoms with Crippen molar-refractivity contribution in [3.63, 3.8) is 0 Å². The second-order valence-electron chi connectivity index (χ2n) is 7.18. The molecule has 2 aromatic carbocycles. The van der Waals surface area contributed by atoms with Gasteiger partial charge in [0.25, 0.3) is 0 Å². The zero-order valence-corrected chi connectivity index (χ0v) is 16.5. The molecule has 0 saturated carbocycles. The van der Waals surface area contributed by atoms with Crippen LogP contribution in [0.2, 0.25) is 0 Å². The highest BCUT2D eigenvalue weighted by molar-refractivity contribution is 5.98. The molecule has 1 aliphatic rings. The topological polar surface area (TPSA) is 58.6 Å². The van der Waals surface area contributed by atoms with Crippen LogP contribution in [-0.2, 0) is 11.0 Å². The molecule has 30 heavy (non-hydrogen) atoms. The summed E-state index contributed by atoms with van der Waals surface area (Å²) in [5.41, 5.74) is 0.0901. The fourth-order valence-corrected chi connectivity index (χ4v) is 3.48. The van der Waals surface area contributed by atoms with Gasteiger partial charge in [-0.25, -0.2) is 0 Å². The van der Waals surface area contributed by atoms with Gasteiger partial charge in [0.2, 0.25) is 5.91 Å². The third-order valence-corrected chi connectivity index (χ3v) is 5.23. The van der Waals surface area contributed by atoms with Gasteiger partial charge in [-0.2, -0.15) is 13.2 Å². The molecule has 5 nitrogen and oxygen atoms in total. The van der Waals surface area contributed by atoms with Gasteiger partial charge in [0.05, 0.1) is 19.2 Å². The Hall–Kier alpha value is -3.03. The van der Waals surface area contributed by atoms with E-state index in [-0.39, 0.29) is 29.8 Å². The number of hydrogen-bond donors (Lipinski definition) is 1. The Morgan fingerprint density at radius 1 is 1.10 bits per heavy atom. The summed E-state index contributed by atoms with van der Waals surface area (Å²) in [5.74, 6) is 0.369. The first-order valence-electron chi connectivity index (χ1n) is 9.65. The number of methoxy groups -OCH3 is 1. The van der Waals surface area contributed by atoms with Gasteiger partial charge in [-0.3, -0.25) is 9.59 Å². The van der Waals surface area contributed by atoms with Crippen molar-refractivity contribution >= 4 is 17.4 Å². The maximum Gasteiger partial charge on any atom is 0.416 e. The summed E-state index contributed by atoms with van der Waals surface area (Å²) < 4.78 is 43.4. The first-order chi connectivity index (χ1) is 14.3. The van der Waals surface area contributed by atoms with E-state index in [0.717, 1.165) is 12.1 Å². The van der Waals surface area contributed by atoms with Crippen LogP contribution in [0.15, 0.2) is 48.5 Å². The van der Waals surface area contributed by atoms with Crippen molar-refractivity contribution in [2.24, 2.45) is 5.92 Å². The summed E-state index contributed by atoms with van der Waals surface area (Å²) in [4.78, 5) is 26.7. The normalized spacial score (nSPS) is 15.0. The average molecular weight is 420 g/mol. The number of ether oxygens (including phenoxy) is 1. The second kappa shape index (κ2) is 9.19. The van der Waals surface area contributed by atoms with Crippen LogP contribution in [0.1, 0.15) is 28.8 Å². The Kier molecular flexibility index (Phi) is 6.64. The van der Waals surface area contributed by atoms with E-state index in [1.807, 2.05) is 0 Å². The molecular formula is C22H23F3N2O3. The molecule has 0 aliphatic carbocycles. The number of carbonyl (C=O) groups excluding carboxylic acids is 2. The Balaban J connectivity index is 1.50. The molecule has 0 atom stereocenters. The number of halogens is 3. The van der Waals surface area contributed by atoms with E-state index in [1.54, 1.807) is 36.3 Å². The molecule has 0 aromatic heterocycles. The predicted octanol–water partition coefficient (Wildman–Crippen LogP) is 4.25. The number of Topliss-reactive ketones (excluding diaryl/α,β-unsaturated/α-hetero) is 1. The summed E-state index contributed by atoms with van der Waals surface area (Å²) in [6.07, 6.45) is -3.32. The number of nitrogens with zero attached hydrogens (tertiary/aromatic N) is 1. The number of benzene rings is 2. The van der Waals surface area contributed by atoms with Gasteiger partial charge in [-0.05, 0) is 55.3 Å². The minimum Gasteiger partial charge on any atom is -0.497 e. The lowest BCUT2D eigenvalue weighted by Gasteiger charge is -2.31. The Bertz CT molecular complexity index is 889. The van der Waals surface area contributed by atoms with Crippen molar-refractivity contribution in [1.29, 1.82) is 0 Å². The van der Waals surface area contributed by atoms with Gasteiger partial charge < -0.3 is 15.0 Å². The fourth-order valence-electron chi connectivity index (χ4n) is 3.48. The van der Waals surface area contributed by atoms with Crippen molar-refractivity contribution in [1.82, 2.24) is 4.90 Å². The van der Waals surface area contributed by atoms with E-state index in [4.69, 9.17) is 4.74 Å². The van der Waals surface area contributed by atoms with Crippen molar-refractivity contribution in [3.05, 3.63) is 59.7 Å². The predicted molar refractivity (Wildman–Crippen MR) is 107 cm³/mol. The SMILES string of the molecule is COc1ccc(C(=O)C2CCN(C(=O)CNc3cccc(C(F)(F)F)c3)CC2)cc1. The number of piperidine rings is 1. The van der Waals surface area contributed by atoms with Gasteiger partial charge in [0.15, 0.2) is 5.78 Å². The van der Waals surface area contributed by atoms with Crippen molar-refractivity contribution < 1.29 is 27.5 Å². The van der Waals surface area contributed by atoms with Crippen molar-refractivity contribution in [2.75, 3.05) is 32.1 Å². The second-order valence-corrected chi connectivity index (χ2v) is 7.18. The molecule has 0 bridgehead atoms. The van der Waals surface area contributed by atoms with Gasteiger partial charge in [-0.1, -0.05) is 6.07 Å². The summed E-state index contributed by atoms with van der Waals surface area (Å²) in [6, 6.07) is 11.7. The highest BCUT2D eigenvalue weighted by atomic mass is 19.4. The highest BCUT2D eigenvalue weighted by Gasteiger charge is 2.31. The number of hydrogen-bond acceptors (Lipinski definition) is 4. The van der Waals surface area contributed by atoms with Crippen LogP contribution in [0, 0.1) is 5.92 Å². The summed E-state index contributed by atoms with van der Waals surface area (Å²) in [5, 5.41) is 2.75. The molecule has 1 heterocycles. The van der Waals surface area contributed by atoms with Crippen molar-refractivity contribution in [3.8, 4) is 5.75 Å². The molecular weight excluding hydrogens is 397 g/mol. The van der Waals surface area contributed by atoms with E-state index >= 15 is 0 Å². The summed E-state index contributed by atoms with van der Waals surface area (Å²) in [6.45, 7) is 0.781. The first kappa shape index (κ1) is 21.7. The minimum atomic E-state index is -4.43. The van der Waals surface area contributed by atoms with Crippen LogP contribution in [0.5, 0.6) is 5.75 Å². The van der Waals surface area contributed by atoms with Gasteiger partial charge in [0, 0.05) is 30.3 Å². The number of amides is 1. The summed E-state index contributed by atoms with van der Waals surface area (Å²) >= 11 is 0. The first-order valence-corrected chi connectivity index (χ1v) is 9.65. The zero-order chi connectivity index (χ0) is 21.7. The lowest BCUT2D eigenvalue weighted by Crippen LogP contribution is -2.42. The van der Waals surface area contributed by atoms with Gasteiger partial charge >= 0.3 is 6.18 Å². The molecule has 2 aromatic rings. The van der Waals surface area contributed by atoms with Crippen molar-refractivity contribution in [2.45, 2.75) is 19.0 Å². The summed E-state index contributed by atoms with van der Waals surface area (Å²) in [7, 11) is 1.56. The highest BCUT2D eigenvalue weighted by Crippen LogP contribution is 2.30. The number of rotatable bonds is 6. The smallest absolute Gasteiger partial charge is 0.416 e. The molecule has 1 N–H and O–H groups in total. The van der Waals surface area contributed by atoms with Crippen LogP contribution in [-0.4, -0.2) is 43.3 Å². The van der Waals surface area contributed by atoms with Crippen LogP contribution >= 0.6 is 0 Å². The Morgan fingerprint density at radius 2 is 1.77 bits per heavy atom. The molecule has 1 saturated heterocycles. The minimum absolute atomic E-state index is 0.0480. The van der Waals surface area contributed by atoms with E-state index in [2.05, 4.69) is 5.32 Å². The largest absolute Gasteiger partial charge is 0.497 e. The Labute approximate surface area is 172 Å². The number of carbonyl (C=O) groups is 2. The fraction of sp³-hybridized carbons (Fsp3) is 0.364. The van der Waals surface area contributed by atoms with E-state index in [9.17, 15) is 22.8 Å². The molecule has 0 spiro atoms. The van der Waals surface area contributed by atoms with E-state index in [1.165, 1.54) is 12.1 Å². The molecule has 1 fully saturated rings. The maximum absolute atomic E-state index is 12.8. The number of alkyl halides is 3. The van der Waals surface area contributed by atoms with Crippen LogP contribution in [0.25, 0.3) is 0 Å². The monoisotopic (exact) mass is 420 g/mol. The van der Waals surface area contributed by atoms with E-state index in [0.29, 0.717) is 37.2 Å². The molecule has 0 radical (unpaired) electrons. The number of ketones is 1. The Morgan fingerprint density at radius 3 is 2.37 bits per heavy atom. The molecule has 1 amide bonds. The number of nitrogens with one attached hydrogen (secondary N) is 1. The number of likely N-dealkylation sites (tertiary alicyclic amines) is 1. The molecule has 160 valence electrons. The molecule has 1 aliphatic heterocycles. The van der Waals surface area contributed by atoms with Crippen LogP contribution in [0.3, 0.4) is 0 Å². The third-order valence-electron chi connectivity index (χ3n) is 5.23. The van der Waals surface area contributed by atoms with E-state index < -0.39 is 11.7 Å². The number of anilines is 1. The molecule has 0 unspecified atom stereocenters. The molecule has 8 heteroatoms. The van der Waals surface area contributed by atoms with Gasteiger partial charge in [0.1, 0.15) is 5.75 Å². The maximum atomic E-state index is 12.8. The molecule has 3 rings (SSSR count). The standard InChI is InChI=1S/C22H23F3N2O3/c1-30-19-7-5-15(6-8-19)21(29)16-9-11-27(12-10-16)20(28)14-26-18-4-2-3-17(13-18)22(23,24)25/h2-8,13,16,26H,9-12,14H2,1H3. The lowest BCUT2D eigenvalue weighted by atomic mass is 9.89. The van der Waals surface area contributed by atoms with Crippen LogP contribution < -0.4 is 10.1 Å². The van der Waals surface area contributed by atoms with Gasteiger partial charge in [-0.15, -0.1) is 0 Å². The average Bonchev–Trinajstić information content (AvgIpc) is 2.77. The van der Waals surface area contributed by atoms with Crippen LogP contribution in [0.4, 0.5) is 18.9 Å². The third kappa shape index (κ3) is 5.31. The zero-order valence-electron chi connectivity index (χ0n) is 16.5. The lowest BCUT2D eigenvalue weighted by molar-refractivity contribution is -0.137.